The van der Waals surface area contributed by atoms with Crippen LogP contribution in [0.5, 0.6) is 0 Å². The van der Waals surface area contributed by atoms with E-state index in [-0.39, 0.29) is 11.7 Å². The average molecular weight is 302 g/mol. The van der Waals surface area contributed by atoms with E-state index in [4.69, 9.17) is 4.74 Å². The molecule has 1 aromatic rings. The number of ketones is 1. The van der Waals surface area contributed by atoms with E-state index in [1.165, 1.54) is 25.2 Å². The molecule has 0 unspecified atom stereocenters. The monoisotopic (exact) mass is 302 g/mol. The summed E-state index contributed by atoms with van der Waals surface area (Å²) in [6.45, 7) is 3.46. The van der Waals surface area contributed by atoms with Crippen molar-refractivity contribution >= 4 is 11.8 Å². The molecule has 0 aliphatic rings. The number of aliphatic hydroxyl groups is 1. The lowest BCUT2D eigenvalue weighted by atomic mass is 9.93. The van der Waals surface area contributed by atoms with Gasteiger partial charge in [-0.3, -0.25) is 4.79 Å². The first-order chi connectivity index (χ1) is 10.5. The number of benzene rings is 1. The Hall–Kier alpha value is -2.20. The van der Waals surface area contributed by atoms with Crippen molar-refractivity contribution in [3.8, 4) is 0 Å². The van der Waals surface area contributed by atoms with Crippen LogP contribution in [0.15, 0.2) is 54.6 Å². The van der Waals surface area contributed by atoms with Crippen LogP contribution in [0.4, 0.5) is 0 Å². The van der Waals surface area contributed by atoms with Crippen LogP contribution < -0.4 is 0 Å². The predicted octanol–water partition coefficient (Wildman–Crippen LogP) is 2.47. The van der Waals surface area contributed by atoms with Crippen molar-refractivity contribution in [3.05, 3.63) is 60.2 Å². The van der Waals surface area contributed by atoms with E-state index in [2.05, 4.69) is 0 Å². The lowest BCUT2D eigenvalue weighted by Gasteiger charge is -2.17. The number of aliphatic hydroxyl groups excluding tert-OH is 1. The zero-order chi connectivity index (χ0) is 16.4. The molecule has 4 nitrogen and oxygen atoms in total. The van der Waals surface area contributed by atoms with Gasteiger partial charge in [0.2, 0.25) is 0 Å². The van der Waals surface area contributed by atoms with Gasteiger partial charge < -0.3 is 9.84 Å². The first kappa shape index (κ1) is 17.9. The molecule has 0 aromatic heterocycles. The average Bonchev–Trinajstić information content (AvgIpc) is 2.50. The maximum atomic E-state index is 11.4. The summed E-state index contributed by atoms with van der Waals surface area (Å²) in [6, 6.07) is 9.65. The van der Waals surface area contributed by atoms with Gasteiger partial charge >= 0.3 is 5.97 Å². The highest BCUT2D eigenvalue weighted by molar-refractivity contribution is 5.87. The third kappa shape index (κ3) is 6.99. The molecule has 4 heteroatoms. The Morgan fingerprint density at radius 3 is 2.45 bits per heavy atom. The SMILES string of the molecule is CCOC(=O)/C=C/[C@@H](Cc1ccccc1)[C@@H](O)/C=C/C(C)=O. The van der Waals surface area contributed by atoms with Gasteiger partial charge in [0.1, 0.15) is 0 Å². The molecular weight excluding hydrogens is 280 g/mol. The molecule has 0 radical (unpaired) electrons. The van der Waals surface area contributed by atoms with E-state index in [1.807, 2.05) is 30.3 Å². The Kier molecular flexibility index (Phi) is 7.86. The molecule has 0 amide bonds. The lowest BCUT2D eigenvalue weighted by molar-refractivity contribution is -0.137. The van der Waals surface area contributed by atoms with Crippen molar-refractivity contribution in [1.82, 2.24) is 0 Å². The van der Waals surface area contributed by atoms with E-state index >= 15 is 0 Å². The van der Waals surface area contributed by atoms with Gasteiger partial charge in [-0.2, -0.15) is 0 Å². The first-order valence-electron chi connectivity index (χ1n) is 7.28. The second kappa shape index (κ2) is 9.68. The molecule has 118 valence electrons. The smallest absolute Gasteiger partial charge is 0.330 e. The number of carbonyl (C=O) groups excluding carboxylic acids is 2. The second-order valence-corrected chi connectivity index (χ2v) is 4.93. The molecule has 0 saturated carbocycles. The van der Waals surface area contributed by atoms with Crippen LogP contribution in [0.1, 0.15) is 19.4 Å². The van der Waals surface area contributed by atoms with Crippen LogP contribution in [-0.2, 0) is 20.7 Å². The van der Waals surface area contributed by atoms with E-state index in [1.54, 1.807) is 13.0 Å². The number of hydrogen-bond acceptors (Lipinski definition) is 4. The van der Waals surface area contributed by atoms with Gasteiger partial charge in [-0.05, 0) is 31.9 Å². The number of carbonyl (C=O) groups is 2. The quantitative estimate of drug-likeness (QED) is 0.592. The minimum atomic E-state index is -0.852. The van der Waals surface area contributed by atoms with Gasteiger partial charge in [-0.15, -0.1) is 0 Å². The lowest BCUT2D eigenvalue weighted by Crippen LogP contribution is -2.19. The molecule has 2 atom stereocenters. The summed E-state index contributed by atoms with van der Waals surface area (Å²) < 4.78 is 4.84. The highest BCUT2D eigenvalue weighted by atomic mass is 16.5. The predicted molar refractivity (Wildman–Crippen MR) is 85.2 cm³/mol. The molecule has 0 spiro atoms. The fourth-order valence-corrected chi connectivity index (χ4v) is 1.96. The highest BCUT2D eigenvalue weighted by Gasteiger charge is 2.15. The van der Waals surface area contributed by atoms with E-state index in [0.29, 0.717) is 13.0 Å². The molecule has 22 heavy (non-hydrogen) atoms. The van der Waals surface area contributed by atoms with Crippen LogP contribution in [0.25, 0.3) is 0 Å². The minimum Gasteiger partial charge on any atom is -0.463 e. The molecule has 1 aromatic carbocycles. The summed E-state index contributed by atoms with van der Waals surface area (Å²) >= 11 is 0. The molecule has 0 saturated heterocycles. The van der Waals surface area contributed by atoms with Crippen molar-refractivity contribution in [3.63, 3.8) is 0 Å². The number of allylic oxidation sites excluding steroid dienone is 1. The van der Waals surface area contributed by atoms with E-state index < -0.39 is 12.1 Å². The van der Waals surface area contributed by atoms with E-state index in [0.717, 1.165) is 5.56 Å². The topological polar surface area (TPSA) is 63.6 Å². The minimum absolute atomic E-state index is 0.133. The van der Waals surface area contributed by atoms with Crippen LogP contribution in [0.2, 0.25) is 0 Å². The summed E-state index contributed by atoms with van der Waals surface area (Å²) in [5.74, 6) is -0.891. The van der Waals surface area contributed by atoms with Crippen molar-refractivity contribution in [2.24, 2.45) is 5.92 Å². The highest BCUT2D eigenvalue weighted by Crippen LogP contribution is 2.15. The molecule has 1 N–H and O–H groups in total. The maximum Gasteiger partial charge on any atom is 0.330 e. The van der Waals surface area contributed by atoms with Crippen molar-refractivity contribution in [2.75, 3.05) is 6.61 Å². The van der Waals surface area contributed by atoms with Gasteiger partial charge in [0.15, 0.2) is 5.78 Å². The van der Waals surface area contributed by atoms with Crippen molar-refractivity contribution in [2.45, 2.75) is 26.4 Å². The third-order valence-electron chi connectivity index (χ3n) is 3.05. The molecule has 0 bridgehead atoms. The van der Waals surface area contributed by atoms with Gasteiger partial charge in [-0.1, -0.05) is 42.5 Å². The van der Waals surface area contributed by atoms with Gasteiger partial charge in [-0.25, -0.2) is 4.79 Å². The van der Waals surface area contributed by atoms with Gasteiger partial charge in [0.25, 0.3) is 0 Å². The molecule has 0 aliphatic heterocycles. The van der Waals surface area contributed by atoms with Crippen molar-refractivity contribution in [1.29, 1.82) is 0 Å². The number of hydrogen-bond donors (Lipinski definition) is 1. The second-order valence-electron chi connectivity index (χ2n) is 4.93. The summed E-state index contributed by atoms with van der Waals surface area (Å²) in [5.41, 5.74) is 1.04. The Morgan fingerprint density at radius 1 is 1.18 bits per heavy atom. The fraction of sp³-hybridized carbons (Fsp3) is 0.333. The number of esters is 1. The summed E-state index contributed by atoms with van der Waals surface area (Å²) in [6.07, 6.45) is 5.43. The Bertz CT molecular complexity index is 531. The summed E-state index contributed by atoms with van der Waals surface area (Å²) in [5, 5.41) is 10.2. The van der Waals surface area contributed by atoms with E-state index in [9.17, 15) is 14.7 Å². The fourth-order valence-electron chi connectivity index (χ4n) is 1.96. The zero-order valence-electron chi connectivity index (χ0n) is 12.9. The largest absolute Gasteiger partial charge is 0.463 e. The van der Waals surface area contributed by atoms with Crippen molar-refractivity contribution < 1.29 is 19.4 Å². The normalized spacial score (nSPS) is 14.1. The molecule has 0 fully saturated rings. The molecule has 0 heterocycles. The summed E-state index contributed by atoms with van der Waals surface area (Å²) in [7, 11) is 0. The first-order valence-corrected chi connectivity index (χ1v) is 7.28. The maximum absolute atomic E-state index is 11.4. The Morgan fingerprint density at radius 2 is 1.86 bits per heavy atom. The van der Waals surface area contributed by atoms with Gasteiger partial charge in [0, 0.05) is 12.0 Å². The Labute approximate surface area is 131 Å². The molecular formula is C18H22O4. The zero-order valence-corrected chi connectivity index (χ0v) is 12.9. The van der Waals surface area contributed by atoms with Crippen LogP contribution in [0, 0.1) is 5.92 Å². The van der Waals surface area contributed by atoms with Gasteiger partial charge in [0.05, 0.1) is 12.7 Å². The number of rotatable bonds is 8. The molecule has 0 aliphatic carbocycles. The van der Waals surface area contributed by atoms with Crippen LogP contribution in [0.3, 0.4) is 0 Å². The molecule has 1 rings (SSSR count). The number of ether oxygens (including phenoxy) is 1. The Balaban J connectivity index is 2.84. The van der Waals surface area contributed by atoms with Crippen LogP contribution in [-0.4, -0.2) is 29.6 Å². The third-order valence-corrected chi connectivity index (χ3v) is 3.05. The van der Waals surface area contributed by atoms with Crippen LogP contribution >= 0.6 is 0 Å². The summed E-state index contributed by atoms with van der Waals surface area (Å²) in [4.78, 5) is 22.4. The standard InChI is InChI=1S/C18H22O4/c1-3-22-18(21)12-10-16(17(20)11-9-14(2)19)13-15-7-5-4-6-8-15/h4-12,16-17,20H,3,13H2,1-2H3/b11-9+,12-10+/t16-,17-/m0/s1.